The number of nitrogens with zero attached hydrogens (tertiary/aromatic N) is 1. The van der Waals surface area contributed by atoms with Gasteiger partial charge in [0.25, 0.3) is 5.91 Å². The number of pyridine rings is 1. The standard InChI is InChI=1S/C11H9N3O3/c1-11(9(15)13-10(16)14-11)8-5-6-7(17-8)3-2-4-12-6/h2-5H,1H3,(H2,13,14,15,16). The van der Waals surface area contributed by atoms with Crippen molar-refractivity contribution in [3.63, 3.8) is 0 Å². The zero-order valence-electron chi connectivity index (χ0n) is 8.98. The molecule has 3 rings (SSSR count). The fourth-order valence-corrected chi connectivity index (χ4v) is 1.83. The molecule has 0 saturated carbocycles. The van der Waals surface area contributed by atoms with E-state index in [1.54, 1.807) is 31.3 Å². The summed E-state index contributed by atoms with van der Waals surface area (Å²) in [6.07, 6.45) is 1.64. The molecule has 1 unspecified atom stereocenters. The van der Waals surface area contributed by atoms with E-state index in [1.807, 2.05) is 0 Å². The second-order valence-electron chi connectivity index (χ2n) is 4.03. The maximum Gasteiger partial charge on any atom is 0.322 e. The molecule has 3 amide bonds. The number of carbonyl (C=O) groups excluding carboxylic acids is 2. The second-order valence-corrected chi connectivity index (χ2v) is 4.03. The maximum atomic E-state index is 11.7. The van der Waals surface area contributed by atoms with Gasteiger partial charge >= 0.3 is 6.03 Å². The Bertz CT molecular complexity index is 601. The van der Waals surface area contributed by atoms with Crippen LogP contribution in [0.3, 0.4) is 0 Å². The number of rotatable bonds is 1. The molecule has 6 heteroatoms. The van der Waals surface area contributed by atoms with Gasteiger partial charge in [0.1, 0.15) is 11.3 Å². The van der Waals surface area contributed by atoms with Crippen LogP contribution in [-0.4, -0.2) is 16.9 Å². The molecule has 1 aliphatic rings. The first-order valence-corrected chi connectivity index (χ1v) is 5.08. The van der Waals surface area contributed by atoms with E-state index in [0.29, 0.717) is 16.9 Å². The van der Waals surface area contributed by atoms with Crippen LogP contribution in [-0.2, 0) is 10.3 Å². The van der Waals surface area contributed by atoms with Crippen molar-refractivity contribution in [2.45, 2.75) is 12.5 Å². The van der Waals surface area contributed by atoms with Crippen LogP contribution in [0.5, 0.6) is 0 Å². The number of nitrogens with one attached hydrogen (secondary N) is 2. The minimum Gasteiger partial charge on any atom is -0.456 e. The summed E-state index contributed by atoms with van der Waals surface area (Å²) in [5.74, 6) is -0.0592. The number of aromatic nitrogens is 1. The largest absolute Gasteiger partial charge is 0.456 e. The summed E-state index contributed by atoms with van der Waals surface area (Å²) in [4.78, 5) is 27.0. The third-order valence-corrected chi connectivity index (χ3v) is 2.82. The van der Waals surface area contributed by atoms with E-state index in [-0.39, 0.29) is 0 Å². The van der Waals surface area contributed by atoms with Gasteiger partial charge in [-0.25, -0.2) is 4.79 Å². The number of imide groups is 1. The molecule has 1 aliphatic heterocycles. The van der Waals surface area contributed by atoms with Gasteiger partial charge in [-0.2, -0.15) is 0 Å². The van der Waals surface area contributed by atoms with Crippen LogP contribution < -0.4 is 10.6 Å². The Hall–Kier alpha value is -2.37. The Labute approximate surface area is 96.0 Å². The van der Waals surface area contributed by atoms with Crippen molar-refractivity contribution in [2.24, 2.45) is 0 Å². The SMILES string of the molecule is CC1(c2cc3ncccc3o2)NC(=O)NC1=O. The van der Waals surface area contributed by atoms with E-state index in [9.17, 15) is 9.59 Å². The van der Waals surface area contributed by atoms with Crippen molar-refractivity contribution in [2.75, 3.05) is 0 Å². The summed E-state index contributed by atoms with van der Waals surface area (Å²) in [5.41, 5.74) is 0.0629. The first kappa shape index (κ1) is 9.83. The van der Waals surface area contributed by atoms with E-state index in [4.69, 9.17) is 4.42 Å². The lowest BCUT2D eigenvalue weighted by molar-refractivity contribution is -0.124. The number of furan rings is 1. The van der Waals surface area contributed by atoms with Gasteiger partial charge in [0.2, 0.25) is 0 Å². The number of hydrogen-bond donors (Lipinski definition) is 2. The van der Waals surface area contributed by atoms with Crippen LogP contribution in [0.2, 0.25) is 0 Å². The number of amides is 3. The minimum absolute atomic E-state index is 0.370. The molecule has 0 bridgehead atoms. The van der Waals surface area contributed by atoms with Crippen LogP contribution in [0, 0.1) is 0 Å². The highest BCUT2D eigenvalue weighted by atomic mass is 16.3. The molecular formula is C11H9N3O3. The Kier molecular flexibility index (Phi) is 1.77. The molecule has 2 aromatic rings. The average Bonchev–Trinajstić information content (AvgIpc) is 2.81. The summed E-state index contributed by atoms with van der Waals surface area (Å²) >= 11 is 0. The lowest BCUT2D eigenvalue weighted by atomic mass is 10.00. The Morgan fingerprint density at radius 2 is 2.24 bits per heavy atom. The average molecular weight is 231 g/mol. The summed E-state index contributed by atoms with van der Waals surface area (Å²) in [6.45, 7) is 1.59. The highest BCUT2D eigenvalue weighted by molar-refractivity contribution is 6.07. The van der Waals surface area contributed by atoms with E-state index in [0.717, 1.165) is 0 Å². The number of fused-ring (bicyclic) bond motifs is 1. The van der Waals surface area contributed by atoms with E-state index in [2.05, 4.69) is 15.6 Å². The summed E-state index contributed by atoms with van der Waals surface area (Å²) < 4.78 is 5.54. The quantitative estimate of drug-likeness (QED) is 0.713. The van der Waals surface area contributed by atoms with E-state index >= 15 is 0 Å². The molecule has 0 aliphatic carbocycles. The first-order valence-electron chi connectivity index (χ1n) is 5.08. The van der Waals surface area contributed by atoms with Gasteiger partial charge in [0, 0.05) is 12.3 Å². The number of carbonyl (C=O) groups is 2. The normalized spacial score (nSPS) is 23.8. The van der Waals surface area contributed by atoms with Crippen molar-refractivity contribution >= 4 is 23.0 Å². The molecule has 17 heavy (non-hydrogen) atoms. The molecule has 2 aromatic heterocycles. The van der Waals surface area contributed by atoms with Crippen LogP contribution in [0.1, 0.15) is 12.7 Å². The molecule has 3 heterocycles. The zero-order chi connectivity index (χ0) is 12.0. The Morgan fingerprint density at radius 1 is 1.41 bits per heavy atom. The molecule has 1 saturated heterocycles. The van der Waals surface area contributed by atoms with Crippen molar-refractivity contribution in [1.82, 2.24) is 15.6 Å². The lowest BCUT2D eigenvalue weighted by Crippen LogP contribution is -2.40. The van der Waals surface area contributed by atoms with Gasteiger partial charge in [-0.05, 0) is 19.1 Å². The monoisotopic (exact) mass is 231 g/mol. The number of hydrogen-bond acceptors (Lipinski definition) is 4. The summed E-state index contributed by atoms with van der Waals surface area (Å²) in [6, 6.07) is 4.63. The van der Waals surface area contributed by atoms with Gasteiger partial charge in [0.15, 0.2) is 11.1 Å². The highest BCUT2D eigenvalue weighted by Crippen LogP contribution is 2.29. The van der Waals surface area contributed by atoms with Gasteiger partial charge in [-0.1, -0.05) is 0 Å². The summed E-state index contributed by atoms with van der Waals surface area (Å²) in [7, 11) is 0. The Morgan fingerprint density at radius 3 is 2.88 bits per heavy atom. The predicted octanol–water partition coefficient (Wildman–Crippen LogP) is 0.882. The second kappa shape index (κ2) is 3.07. The number of urea groups is 1. The van der Waals surface area contributed by atoms with Gasteiger partial charge in [-0.15, -0.1) is 0 Å². The zero-order valence-corrected chi connectivity index (χ0v) is 8.98. The fourth-order valence-electron chi connectivity index (χ4n) is 1.83. The van der Waals surface area contributed by atoms with Gasteiger partial charge in [0.05, 0.1) is 0 Å². The molecule has 0 aromatic carbocycles. The molecular weight excluding hydrogens is 222 g/mol. The third kappa shape index (κ3) is 1.30. The maximum absolute atomic E-state index is 11.7. The topological polar surface area (TPSA) is 84.2 Å². The van der Waals surface area contributed by atoms with Crippen LogP contribution in [0.25, 0.3) is 11.1 Å². The fraction of sp³-hybridized carbons (Fsp3) is 0.182. The van der Waals surface area contributed by atoms with Crippen molar-refractivity contribution < 1.29 is 14.0 Å². The van der Waals surface area contributed by atoms with Crippen molar-refractivity contribution in [3.05, 3.63) is 30.2 Å². The Balaban J connectivity index is 2.15. The van der Waals surface area contributed by atoms with Crippen molar-refractivity contribution in [3.8, 4) is 0 Å². The third-order valence-electron chi connectivity index (χ3n) is 2.82. The molecule has 6 nitrogen and oxygen atoms in total. The molecule has 86 valence electrons. The van der Waals surface area contributed by atoms with Crippen LogP contribution >= 0.6 is 0 Å². The smallest absolute Gasteiger partial charge is 0.322 e. The minimum atomic E-state index is -1.17. The highest BCUT2D eigenvalue weighted by Gasteiger charge is 2.46. The van der Waals surface area contributed by atoms with Gasteiger partial charge < -0.3 is 9.73 Å². The van der Waals surface area contributed by atoms with E-state index < -0.39 is 17.5 Å². The van der Waals surface area contributed by atoms with Crippen LogP contribution in [0.4, 0.5) is 4.79 Å². The molecule has 1 atom stereocenters. The molecule has 2 N–H and O–H groups in total. The van der Waals surface area contributed by atoms with E-state index in [1.165, 1.54) is 0 Å². The molecule has 0 spiro atoms. The van der Waals surface area contributed by atoms with Crippen molar-refractivity contribution in [1.29, 1.82) is 0 Å². The van der Waals surface area contributed by atoms with Gasteiger partial charge in [-0.3, -0.25) is 15.1 Å². The summed E-state index contributed by atoms with van der Waals surface area (Å²) in [5, 5.41) is 4.72. The first-order chi connectivity index (χ1) is 8.09. The predicted molar refractivity (Wildman–Crippen MR) is 58.0 cm³/mol. The molecule has 1 fully saturated rings. The van der Waals surface area contributed by atoms with Crippen LogP contribution in [0.15, 0.2) is 28.8 Å². The lowest BCUT2D eigenvalue weighted by Gasteiger charge is -2.16. The molecule has 0 radical (unpaired) electrons.